The number of carboxylic acid groups (broad SMARTS) is 5. The van der Waals surface area contributed by atoms with Gasteiger partial charge in [0.15, 0.2) is 0 Å². The Bertz CT molecular complexity index is 843. The first-order valence-electron chi connectivity index (χ1n) is 9.40. The second-order valence-corrected chi connectivity index (χ2v) is 6.85. The van der Waals surface area contributed by atoms with Crippen LogP contribution in [0.3, 0.4) is 0 Å². The van der Waals surface area contributed by atoms with Gasteiger partial charge >= 0.3 is 29.8 Å². The quantitative estimate of drug-likeness (QED) is 0.0996. The van der Waals surface area contributed by atoms with E-state index in [0.717, 1.165) is 0 Å². The van der Waals surface area contributed by atoms with Crippen molar-refractivity contribution in [2.75, 3.05) is 0 Å². The molecule has 0 aliphatic carbocycles. The summed E-state index contributed by atoms with van der Waals surface area (Å²) >= 11 is 0. The summed E-state index contributed by atoms with van der Waals surface area (Å²) in [6.45, 7) is 0. The molecule has 0 saturated carbocycles. The lowest BCUT2D eigenvalue weighted by atomic mass is 10.1. The van der Waals surface area contributed by atoms with E-state index >= 15 is 0 Å². The van der Waals surface area contributed by atoms with Gasteiger partial charge in [-0.1, -0.05) is 0 Å². The van der Waals surface area contributed by atoms with Crippen LogP contribution in [0.4, 0.5) is 0 Å². The van der Waals surface area contributed by atoms with E-state index in [1.54, 1.807) is 0 Å². The van der Waals surface area contributed by atoms with Crippen LogP contribution in [0.5, 0.6) is 0 Å². The van der Waals surface area contributed by atoms with Crippen molar-refractivity contribution >= 4 is 47.6 Å². The van der Waals surface area contributed by atoms with Crippen LogP contribution in [-0.4, -0.2) is 97.3 Å². The topological polar surface area (TPSA) is 300 Å². The van der Waals surface area contributed by atoms with Crippen molar-refractivity contribution in [1.29, 1.82) is 0 Å². The normalized spacial score (nSPS) is 13.9. The zero-order chi connectivity index (χ0) is 26.6. The highest BCUT2D eigenvalue weighted by Crippen LogP contribution is 2.03. The summed E-state index contributed by atoms with van der Waals surface area (Å²) in [5.74, 6) is -11.6. The molecule has 0 saturated heterocycles. The molecule has 0 aromatic heterocycles. The number of hydrogen-bond acceptors (Lipinski definition) is 9. The van der Waals surface area contributed by atoms with Crippen molar-refractivity contribution in [3.8, 4) is 0 Å². The molecule has 0 aliphatic heterocycles. The molecule has 0 aromatic carbocycles. The Kier molecular flexibility index (Phi) is 12.2. The number of rotatable bonds is 16. The monoisotopic (exact) mass is 492 g/mol. The SMILES string of the molecule is NC(CC(=O)O)C(=O)NC(CC(=O)O)C(=O)NC(CC(=O)O)C(=O)NC(CCC(=O)O)C(=O)O. The third-order valence-electron chi connectivity index (χ3n) is 4.02. The average molecular weight is 492 g/mol. The van der Waals surface area contributed by atoms with Gasteiger partial charge in [0, 0.05) is 6.42 Å². The number of aliphatic carboxylic acids is 5. The minimum absolute atomic E-state index is 0.566. The first-order chi connectivity index (χ1) is 15.6. The third kappa shape index (κ3) is 11.9. The predicted molar refractivity (Wildman–Crippen MR) is 105 cm³/mol. The number of hydrogen-bond donors (Lipinski definition) is 9. The molecule has 3 amide bonds. The van der Waals surface area contributed by atoms with Crippen molar-refractivity contribution in [3.63, 3.8) is 0 Å². The summed E-state index contributed by atoms with van der Waals surface area (Å²) in [6, 6.07) is -7.26. The van der Waals surface area contributed by atoms with Gasteiger partial charge in [0.1, 0.15) is 18.1 Å². The summed E-state index contributed by atoms with van der Waals surface area (Å²) in [7, 11) is 0. The van der Waals surface area contributed by atoms with Gasteiger partial charge in [0.05, 0.1) is 25.3 Å². The van der Waals surface area contributed by atoms with Crippen LogP contribution in [0.25, 0.3) is 0 Å². The third-order valence-corrected chi connectivity index (χ3v) is 4.02. The fourth-order valence-corrected chi connectivity index (χ4v) is 2.40. The van der Waals surface area contributed by atoms with Crippen LogP contribution >= 0.6 is 0 Å². The molecule has 0 spiro atoms. The maximum absolute atomic E-state index is 12.5. The van der Waals surface area contributed by atoms with Crippen molar-refractivity contribution in [2.24, 2.45) is 5.73 Å². The predicted octanol–water partition coefficient (Wildman–Crippen LogP) is -3.86. The van der Waals surface area contributed by atoms with Crippen LogP contribution in [0.1, 0.15) is 32.1 Å². The van der Waals surface area contributed by atoms with Gasteiger partial charge in [0.2, 0.25) is 17.7 Å². The van der Waals surface area contributed by atoms with Gasteiger partial charge in [-0.3, -0.25) is 33.6 Å². The Morgan fingerprint density at radius 3 is 1.29 bits per heavy atom. The lowest BCUT2D eigenvalue weighted by Gasteiger charge is -2.23. The Hall–Kier alpha value is -4.28. The number of nitrogens with one attached hydrogen (secondary N) is 3. The van der Waals surface area contributed by atoms with Gasteiger partial charge in [0.25, 0.3) is 0 Å². The lowest BCUT2D eigenvalue weighted by molar-refractivity contribution is -0.145. The van der Waals surface area contributed by atoms with Gasteiger partial charge < -0.3 is 47.2 Å². The maximum Gasteiger partial charge on any atom is 0.326 e. The van der Waals surface area contributed by atoms with Crippen LogP contribution in [0, 0.1) is 0 Å². The maximum atomic E-state index is 12.5. The highest BCUT2D eigenvalue weighted by Gasteiger charge is 2.33. The second-order valence-electron chi connectivity index (χ2n) is 6.85. The van der Waals surface area contributed by atoms with E-state index in [9.17, 15) is 38.4 Å². The molecule has 0 radical (unpaired) electrons. The van der Waals surface area contributed by atoms with Crippen molar-refractivity contribution in [1.82, 2.24) is 16.0 Å². The standard InChI is InChI=1S/C17H24N4O13/c18-6(3-11(24)25)14(30)20-8(4-12(26)27)16(32)21-9(5-13(28)29)15(31)19-7(17(33)34)1-2-10(22)23/h6-9H,1-5,18H2,(H,19,31)(H,20,30)(H,21,32)(H,22,23)(H,24,25)(H,26,27)(H,28,29)(H,33,34). The first-order valence-corrected chi connectivity index (χ1v) is 9.40. The number of carbonyl (C=O) groups excluding carboxylic acids is 3. The van der Waals surface area contributed by atoms with Gasteiger partial charge in [-0.2, -0.15) is 0 Å². The van der Waals surface area contributed by atoms with Crippen LogP contribution < -0.4 is 21.7 Å². The number of carbonyl (C=O) groups is 8. The van der Waals surface area contributed by atoms with Gasteiger partial charge in [-0.25, -0.2) is 4.79 Å². The molecule has 4 atom stereocenters. The summed E-state index contributed by atoms with van der Waals surface area (Å²) < 4.78 is 0. The second kappa shape index (κ2) is 14.0. The molecule has 0 aromatic rings. The number of carboxylic acids is 5. The smallest absolute Gasteiger partial charge is 0.326 e. The van der Waals surface area contributed by atoms with Gasteiger partial charge in [-0.15, -0.1) is 0 Å². The number of nitrogens with two attached hydrogens (primary N) is 1. The Balaban J connectivity index is 5.56. The van der Waals surface area contributed by atoms with E-state index in [4.69, 9.17) is 31.3 Å². The largest absolute Gasteiger partial charge is 0.481 e. The van der Waals surface area contributed by atoms with E-state index in [0.29, 0.717) is 0 Å². The van der Waals surface area contributed by atoms with E-state index in [1.165, 1.54) is 0 Å². The van der Waals surface area contributed by atoms with Crippen molar-refractivity contribution in [2.45, 2.75) is 56.3 Å². The average Bonchev–Trinajstić information content (AvgIpc) is 2.68. The molecule has 17 nitrogen and oxygen atoms in total. The van der Waals surface area contributed by atoms with Crippen molar-refractivity contribution in [3.05, 3.63) is 0 Å². The molecular formula is C17H24N4O13. The minimum atomic E-state index is -1.95. The summed E-state index contributed by atoms with van der Waals surface area (Å²) in [4.78, 5) is 91.5. The first kappa shape index (κ1) is 29.7. The molecule has 0 heterocycles. The Morgan fingerprint density at radius 1 is 0.559 bits per heavy atom. The van der Waals surface area contributed by atoms with E-state index in [2.05, 4.69) is 0 Å². The summed E-state index contributed by atoms with van der Waals surface area (Å²) in [5, 5.41) is 50.0. The zero-order valence-corrected chi connectivity index (χ0v) is 17.4. The fourth-order valence-electron chi connectivity index (χ4n) is 2.40. The van der Waals surface area contributed by atoms with Gasteiger partial charge in [-0.05, 0) is 6.42 Å². The molecule has 4 unspecified atom stereocenters. The molecule has 34 heavy (non-hydrogen) atoms. The Labute approximate surface area is 190 Å². The summed E-state index contributed by atoms with van der Waals surface area (Å²) in [5.41, 5.74) is 5.33. The highest BCUT2D eigenvalue weighted by molar-refractivity contribution is 5.97. The van der Waals surface area contributed by atoms with Crippen LogP contribution in [0.15, 0.2) is 0 Å². The molecule has 17 heteroatoms. The van der Waals surface area contributed by atoms with E-state index < -0.39 is 104 Å². The van der Waals surface area contributed by atoms with Crippen molar-refractivity contribution < 1.29 is 63.9 Å². The van der Waals surface area contributed by atoms with Crippen LogP contribution in [-0.2, 0) is 38.4 Å². The molecule has 0 rings (SSSR count). The molecule has 0 aliphatic rings. The minimum Gasteiger partial charge on any atom is -0.481 e. The molecular weight excluding hydrogens is 468 g/mol. The zero-order valence-electron chi connectivity index (χ0n) is 17.4. The Morgan fingerprint density at radius 2 is 0.941 bits per heavy atom. The summed E-state index contributed by atoms with van der Waals surface area (Å²) in [6.07, 6.45) is -4.23. The molecule has 190 valence electrons. The molecule has 10 N–H and O–H groups in total. The fraction of sp³-hybridized carbons (Fsp3) is 0.529. The van der Waals surface area contributed by atoms with E-state index in [-0.39, 0.29) is 0 Å². The molecule has 0 fully saturated rings. The van der Waals surface area contributed by atoms with E-state index in [1.807, 2.05) is 16.0 Å². The number of amides is 3. The molecule has 0 bridgehead atoms. The lowest BCUT2D eigenvalue weighted by Crippen LogP contribution is -2.58. The highest BCUT2D eigenvalue weighted by atomic mass is 16.4. The van der Waals surface area contributed by atoms with Crippen LogP contribution in [0.2, 0.25) is 0 Å².